The highest BCUT2D eigenvalue weighted by molar-refractivity contribution is 4.94. The van der Waals surface area contributed by atoms with Crippen LogP contribution in [0, 0.1) is 11.3 Å². The van der Waals surface area contributed by atoms with Crippen LogP contribution in [0.25, 0.3) is 0 Å². The summed E-state index contributed by atoms with van der Waals surface area (Å²) in [4.78, 5) is 2.65. The Morgan fingerprint density at radius 2 is 1.94 bits per heavy atom. The normalized spacial score (nSPS) is 44.8. The molecule has 2 saturated heterocycles. The third-order valence-corrected chi connectivity index (χ3v) is 5.29. The van der Waals surface area contributed by atoms with Crippen LogP contribution < -0.4 is 5.32 Å². The van der Waals surface area contributed by atoms with Crippen molar-refractivity contribution < 1.29 is 0 Å². The zero-order valence-electron chi connectivity index (χ0n) is 11.5. The van der Waals surface area contributed by atoms with Crippen LogP contribution in [0.1, 0.15) is 52.4 Å². The fourth-order valence-corrected chi connectivity index (χ4v) is 4.31. The summed E-state index contributed by atoms with van der Waals surface area (Å²) < 4.78 is 0. The number of fused-ring (bicyclic) bond motifs is 2. The lowest BCUT2D eigenvalue weighted by atomic mass is 9.74. The van der Waals surface area contributed by atoms with Crippen molar-refractivity contribution in [3.63, 3.8) is 0 Å². The van der Waals surface area contributed by atoms with Crippen LogP contribution in [-0.4, -0.2) is 36.6 Å². The van der Waals surface area contributed by atoms with Gasteiger partial charge in [0.25, 0.3) is 0 Å². The second-order valence-electron chi connectivity index (χ2n) is 7.37. The first-order chi connectivity index (χ1) is 8.12. The van der Waals surface area contributed by atoms with Crippen molar-refractivity contribution in [3.05, 3.63) is 0 Å². The van der Waals surface area contributed by atoms with Crippen molar-refractivity contribution in [2.75, 3.05) is 19.6 Å². The summed E-state index contributed by atoms with van der Waals surface area (Å²) in [5.41, 5.74) is 0.576. The predicted molar refractivity (Wildman–Crippen MR) is 72.1 cm³/mol. The van der Waals surface area contributed by atoms with E-state index in [9.17, 15) is 0 Å². The highest BCUT2D eigenvalue weighted by Crippen LogP contribution is 2.36. The molecule has 2 heteroatoms. The summed E-state index contributed by atoms with van der Waals surface area (Å²) in [6, 6.07) is 1.63. The van der Waals surface area contributed by atoms with Gasteiger partial charge in [0.2, 0.25) is 0 Å². The van der Waals surface area contributed by atoms with E-state index >= 15 is 0 Å². The lowest BCUT2D eigenvalue weighted by Gasteiger charge is -2.40. The van der Waals surface area contributed by atoms with E-state index in [1.165, 1.54) is 58.2 Å². The van der Waals surface area contributed by atoms with E-state index in [0.717, 1.165) is 18.0 Å². The molecule has 98 valence electrons. The van der Waals surface area contributed by atoms with Gasteiger partial charge in [-0.1, -0.05) is 20.3 Å². The SMILES string of the molecule is CC1(C)CCCC(NC2CCN3CCC2C3)C1. The van der Waals surface area contributed by atoms with Gasteiger partial charge in [0.05, 0.1) is 0 Å². The number of piperidine rings is 1. The minimum atomic E-state index is 0.576. The first kappa shape index (κ1) is 12.0. The molecule has 1 saturated carbocycles. The average Bonchev–Trinajstić information content (AvgIpc) is 2.64. The molecule has 2 heterocycles. The van der Waals surface area contributed by atoms with Crippen molar-refractivity contribution in [1.29, 1.82) is 0 Å². The molecule has 0 aromatic rings. The molecule has 0 spiro atoms. The van der Waals surface area contributed by atoms with E-state index in [4.69, 9.17) is 0 Å². The topological polar surface area (TPSA) is 15.3 Å². The van der Waals surface area contributed by atoms with Gasteiger partial charge in [-0.2, -0.15) is 0 Å². The Balaban J connectivity index is 1.56. The van der Waals surface area contributed by atoms with Gasteiger partial charge in [0.15, 0.2) is 0 Å². The molecule has 1 aliphatic carbocycles. The van der Waals surface area contributed by atoms with E-state index in [2.05, 4.69) is 24.1 Å². The lowest BCUT2D eigenvalue weighted by Crippen LogP contribution is -2.49. The molecule has 0 radical (unpaired) electrons. The summed E-state index contributed by atoms with van der Waals surface area (Å²) in [6.45, 7) is 8.95. The summed E-state index contributed by atoms with van der Waals surface area (Å²) in [6.07, 6.45) is 8.48. The van der Waals surface area contributed by atoms with Gasteiger partial charge in [-0.25, -0.2) is 0 Å². The maximum Gasteiger partial charge on any atom is 0.0123 e. The molecule has 0 aromatic heterocycles. The first-order valence-corrected chi connectivity index (χ1v) is 7.61. The fraction of sp³-hybridized carbons (Fsp3) is 1.00. The third-order valence-electron chi connectivity index (χ3n) is 5.29. The highest BCUT2D eigenvalue weighted by Gasteiger charge is 2.36. The van der Waals surface area contributed by atoms with E-state index < -0.39 is 0 Å². The summed E-state index contributed by atoms with van der Waals surface area (Å²) in [7, 11) is 0. The van der Waals surface area contributed by atoms with Gasteiger partial charge in [-0.3, -0.25) is 0 Å². The number of rotatable bonds is 2. The molecule has 0 amide bonds. The van der Waals surface area contributed by atoms with Gasteiger partial charge in [-0.05, 0) is 56.5 Å². The quantitative estimate of drug-likeness (QED) is 0.793. The number of nitrogens with zero attached hydrogens (tertiary/aromatic N) is 1. The zero-order valence-corrected chi connectivity index (χ0v) is 11.5. The average molecular weight is 236 g/mol. The second kappa shape index (κ2) is 4.55. The van der Waals surface area contributed by atoms with E-state index in [1.54, 1.807) is 0 Å². The van der Waals surface area contributed by atoms with Gasteiger partial charge in [0.1, 0.15) is 0 Å². The number of hydrogen-bond donors (Lipinski definition) is 1. The predicted octanol–water partition coefficient (Wildman–Crippen LogP) is 2.64. The van der Waals surface area contributed by atoms with E-state index in [0.29, 0.717) is 5.41 Å². The zero-order chi connectivity index (χ0) is 11.9. The van der Waals surface area contributed by atoms with Crippen LogP contribution in [0.15, 0.2) is 0 Å². The Morgan fingerprint density at radius 3 is 2.76 bits per heavy atom. The van der Waals surface area contributed by atoms with Crippen molar-refractivity contribution >= 4 is 0 Å². The van der Waals surface area contributed by atoms with Crippen LogP contribution in [0.3, 0.4) is 0 Å². The summed E-state index contributed by atoms with van der Waals surface area (Å²) in [5, 5.41) is 4.01. The molecule has 0 aromatic carbocycles. The van der Waals surface area contributed by atoms with Crippen LogP contribution in [0.4, 0.5) is 0 Å². The molecule has 2 bridgehead atoms. The molecular weight excluding hydrogens is 208 g/mol. The van der Waals surface area contributed by atoms with Gasteiger partial charge >= 0.3 is 0 Å². The Morgan fingerprint density at radius 1 is 1.12 bits per heavy atom. The molecule has 2 nitrogen and oxygen atoms in total. The summed E-state index contributed by atoms with van der Waals surface area (Å²) in [5.74, 6) is 0.953. The minimum absolute atomic E-state index is 0.576. The molecule has 3 aliphatic rings. The van der Waals surface area contributed by atoms with Crippen LogP contribution >= 0.6 is 0 Å². The smallest absolute Gasteiger partial charge is 0.0123 e. The number of hydrogen-bond acceptors (Lipinski definition) is 2. The van der Waals surface area contributed by atoms with Gasteiger partial charge in [-0.15, -0.1) is 0 Å². The fourth-order valence-electron chi connectivity index (χ4n) is 4.31. The van der Waals surface area contributed by atoms with Gasteiger partial charge < -0.3 is 10.2 Å². The van der Waals surface area contributed by atoms with Crippen molar-refractivity contribution in [3.8, 4) is 0 Å². The Hall–Kier alpha value is -0.0800. The molecular formula is C15H28N2. The minimum Gasteiger partial charge on any atom is -0.311 e. The Bertz CT molecular complexity index is 274. The molecule has 1 N–H and O–H groups in total. The number of nitrogens with one attached hydrogen (secondary N) is 1. The monoisotopic (exact) mass is 236 g/mol. The van der Waals surface area contributed by atoms with Crippen LogP contribution in [-0.2, 0) is 0 Å². The maximum atomic E-state index is 4.01. The largest absolute Gasteiger partial charge is 0.311 e. The van der Waals surface area contributed by atoms with Gasteiger partial charge in [0, 0.05) is 18.6 Å². The Kier molecular flexibility index (Phi) is 3.20. The molecule has 4 atom stereocenters. The van der Waals surface area contributed by atoms with Crippen molar-refractivity contribution in [2.45, 2.75) is 64.5 Å². The summed E-state index contributed by atoms with van der Waals surface area (Å²) >= 11 is 0. The van der Waals surface area contributed by atoms with E-state index in [1.807, 2.05) is 0 Å². The Labute approximate surface area is 106 Å². The van der Waals surface area contributed by atoms with E-state index in [-0.39, 0.29) is 0 Å². The second-order valence-corrected chi connectivity index (χ2v) is 7.37. The highest BCUT2D eigenvalue weighted by atomic mass is 15.2. The molecule has 4 unspecified atom stereocenters. The molecule has 2 aliphatic heterocycles. The maximum absolute atomic E-state index is 4.01. The first-order valence-electron chi connectivity index (χ1n) is 7.61. The van der Waals surface area contributed by atoms with Crippen molar-refractivity contribution in [2.24, 2.45) is 11.3 Å². The third kappa shape index (κ3) is 2.68. The molecule has 3 fully saturated rings. The van der Waals surface area contributed by atoms with Crippen LogP contribution in [0.5, 0.6) is 0 Å². The standard InChI is InChI=1S/C15H28N2/c1-15(2)7-3-4-13(10-15)16-14-6-9-17-8-5-12(14)11-17/h12-14,16H,3-11H2,1-2H3. The lowest BCUT2D eigenvalue weighted by molar-refractivity contribution is 0.155. The molecule has 17 heavy (non-hydrogen) atoms. The molecule has 3 rings (SSSR count). The van der Waals surface area contributed by atoms with Crippen molar-refractivity contribution in [1.82, 2.24) is 10.2 Å². The van der Waals surface area contributed by atoms with Crippen LogP contribution in [0.2, 0.25) is 0 Å².